The highest BCUT2D eigenvalue weighted by molar-refractivity contribution is 5.92. The molecule has 1 aromatic heterocycles. The summed E-state index contributed by atoms with van der Waals surface area (Å²) in [6.07, 6.45) is 3.02. The van der Waals surface area contributed by atoms with Crippen molar-refractivity contribution in [1.82, 2.24) is 20.2 Å². The van der Waals surface area contributed by atoms with Gasteiger partial charge in [-0.15, -0.1) is 0 Å². The van der Waals surface area contributed by atoms with Crippen molar-refractivity contribution in [1.29, 1.82) is 0 Å². The summed E-state index contributed by atoms with van der Waals surface area (Å²) in [6, 6.07) is 7.39. The van der Waals surface area contributed by atoms with E-state index in [1.54, 1.807) is 7.11 Å². The number of likely N-dealkylation sites (tertiary alicyclic amines) is 1. The Labute approximate surface area is 177 Å². The molecule has 0 radical (unpaired) electrons. The van der Waals surface area contributed by atoms with Crippen molar-refractivity contribution >= 4 is 17.4 Å². The molecule has 160 valence electrons. The van der Waals surface area contributed by atoms with E-state index in [9.17, 15) is 4.79 Å². The minimum atomic E-state index is -0.00540. The van der Waals surface area contributed by atoms with E-state index < -0.39 is 0 Å². The van der Waals surface area contributed by atoms with E-state index in [1.807, 2.05) is 31.3 Å². The van der Waals surface area contributed by atoms with E-state index in [-0.39, 0.29) is 11.8 Å². The number of aromatic nitrogens is 2. The summed E-state index contributed by atoms with van der Waals surface area (Å²) < 4.78 is 5.16. The number of carbonyl (C=O) groups excluding carboxylic acids is 1. The van der Waals surface area contributed by atoms with Gasteiger partial charge in [0.25, 0.3) is 0 Å². The normalized spacial score (nSPS) is 19.1. The highest BCUT2D eigenvalue weighted by Gasteiger charge is 2.27. The first kappa shape index (κ1) is 20.6. The van der Waals surface area contributed by atoms with Crippen molar-refractivity contribution in [2.45, 2.75) is 31.7 Å². The number of nitrogens with zero attached hydrogens (tertiary/aromatic N) is 3. The number of anilines is 2. The first-order valence-corrected chi connectivity index (χ1v) is 10.6. The molecule has 1 amide bonds. The van der Waals surface area contributed by atoms with Gasteiger partial charge >= 0.3 is 0 Å². The van der Waals surface area contributed by atoms with Gasteiger partial charge in [0.2, 0.25) is 5.91 Å². The highest BCUT2D eigenvalue weighted by Crippen LogP contribution is 2.28. The molecule has 0 aliphatic carbocycles. The molecule has 8 nitrogen and oxygen atoms in total. The van der Waals surface area contributed by atoms with Crippen molar-refractivity contribution in [3.05, 3.63) is 41.3 Å². The monoisotopic (exact) mass is 410 g/mol. The van der Waals surface area contributed by atoms with Gasteiger partial charge in [-0.2, -0.15) is 0 Å². The topological polar surface area (TPSA) is 91.4 Å². The molecule has 1 saturated heterocycles. The number of piperidine rings is 1. The van der Waals surface area contributed by atoms with Crippen LogP contribution < -0.4 is 20.7 Å². The zero-order chi connectivity index (χ0) is 20.9. The van der Waals surface area contributed by atoms with Crippen LogP contribution in [0, 0.1) is 0 Å². The molecule has 2 aliphatic rings. The molecular weight excluding hydrogens is 380 g/mol. The minimum absolute atomic E-state index is 0.00540. The van der Waals surface area contributed by atoms with Crippen LogP contribution in [0.4, 0.5) is 11.5 Å². The summed E-state index contributed by atoms with van der Waals surface area (Å²) >= 11 is 0. The van der Waals surface area contributed by atoms with Crippen LogP contribution in [0.5, 0.6) is 5.75 Å². The lowest BCUT2D eigenvalue weighted by Crippen LogP contribution is -2.40. The molecule has 1 atom stereocenters. The third-order valence-corrected chi connectivity index (χ3v) is 5.80. The van der Waals surface area contributed by atoms with Crippen molar-refractivity contribution in [2.75, 3.05) is 51.0 Å². The molecule has 2 aromatic rings. The van der Waals surface area contributed by atoms with Crippen molar-refractivity contribution in [2.24, 2.45) is 0 Å². The van der Waals surface area contributed by atoms with Crippen LogP contribution in [0.25, 0.3) is 0 Å². The Morgan fingerprint density at radius 2 is 2.13 bits per heavy atom. The fourth-order valence-electron chi connectivity index (χ4n) is 4.24. The van der Waals surface area contributed by atoms with Crippen LogP contribution in [0.2, 0.25) is 0 Å². The van der Waals surface area contributed by atoms with Gasteiger partial charge < -0.3 is 20.7 Å². The zero-order valence-electron chi connectivity index (χ0n) is 17.7. The predicted molar refractivity (Wildman–Crippen MR) is 117 cm³/mol. The van der Waals surface area contributed by atoms with E-state index >= 15 is 0 Å². The Hall–Kier alpha value is -2.71. The van der Waals surface area contributed by atoms with Crippen LogP contribution in [-0.4, -0.2) is 61.1 Å². The Bertz CT molecular complexity index is 869. The molecule has 1 aromatic carbocycles. The fraction of sp³-hybridized carbons (Fsp3) is 0.500. The van der Waals surface area contributed by atoms with Crippen molar-refractivity contribution in [3.63, 3.8) is 0 Å². The molecule has 30 heavy (non-hydrogen) atoms. The number of amides is 1. The maximum Gasteiger partial charge on any atom is 0.238 e. The maximum atomic E-state index is 12.5. The highest BCUT2D eigenvalue weighted by atomic mass is 16.5. The van der Waals surface area contributed by atoms with Crippen LogP contribution >= 0.6 is 0 Å². The van der Waals surface area contributed by atoms with Gasteiger partial charge in [-0.25, -0.2) is 9.97 Å². The molecule has 4 rings (SSSR count). The lowest BCUT2D eigenvalue weighted by molar-refractivity contribution is -0.117. The minimum Gasteiger partial charge on any atom is -0.497 e. The third kappa shape index (κ3) is 4.71. The number of carbonyl (C=O) groups is 1. The average Bonchev–Trinajstić information content (AvgIpc) is 2.79. The number of hydrogen-bond acceptors (Lipinski definition) is 7. The maximum absolute atomic E-state index is 12.5. The lowest BCUT2D eigenvalue weighted by Gasteiger charge is -2.32. The number of ether oxygens (including phenoxy) is 1. The Kier molecular flexibility index (Phi) is 6.44. The summed E-state index contributed by atoms with van der Waals surface area (Å²) in [5.74, 6) is 2.85. The standard InChI is InChI=1S/C22H30N6O2/c1-23-22-18-12-24-10-9-19(18)26-21(27-22)15-4-3-11-28(13-15)14-20(29)25-16-5-7-17(30-2)8-6-16/h5-8,15,24H,3-4,9-14H2,1-2H3,(H,25,29)(H,23,26,27). The SMILES string of the molecule is CNc1nc(C2CCCN(CC(=O)Nc3ccc(OC)cc3)C2)nc2c1CNCC2. The summed E-state index contributed by atoms with van der Waals surface area (Å²) in [6.45, 7) is 3.86. The van der Waals surface area contributed by atoms with Gasteiger partial charge in [0.1, 0.15) is 17.4 Å². The number of nitrogens with one attached hydrogen (secondary N) is 3. The Morgan fingerprint density at radius 3 is 2.90 bits per heavy atom. The largest absolute Gasteiger partial charge is 0.497 e. The van der Waals surface area contributed by atoms with Crippen LogP contribution in [0.3, 0.4) is 0 Å². The van der Waals surface area contributed by atoms with Crippen LogP contribution in [0.1, 0.15) is 35.8 Å². The number of fused-ring (bicyclic) bond motifs is 1. The average molecular weight is 411 g/mol. The molecular formula is C22H30N6O2. The van der Waals surface area contributed by atoms with E-state index in [0.29, 0.717) is 6.54 Å². The molecule has 1 unspecified atom stereocenters. The molecule has 1 fully saturated rings. The first-order chi connectivity index (χ1) is 14.7. The van der Waals surface area contributed by atoms with E-state index in [0.717, 1.165) is 74.2 Å². The molecule has 0 bridgehead atoms. The van der Waals surface area contributed by atoms with Gasteiger partial charge in [-0.3, -0.25) is 9.69 Å². The molecule has 3 heterocycles. The van der Waals surface area contributed by atoms with E-state index in [4.69, 9.17) is 14.7 Å². The van der Waals surface area contributed by atoms with Crippen molar-refractivity contribution in [3.8, 4) is 5.75 Å². The molecule has 8 heteroatoms. The van der Waals surface area contributed by atoms with Gasteiger partial charge in [-0.1, -0.05) is 0 Å². The second-order valence-corrected chi connectivity index (χ2v) is 7.88. The zero-order valence-corrected chi connectivity index (χ0v) is 17.7. The predicted octanol–water partition coefficient (Wildman–Crippen LogP) is 1.99. The summed E-state index contributed by atoms with van der Waals surface area (Å²) in [5.41, 5.74) is 3.11. The third-order valence-electron chi connectivity index (χ3n) is 5.80. The molecule has 0 saturated carbocycles. The van der Waals surface area contributed by atoms with Gasteiger partial charge in [0.15, 0.2) is 0 Å². The van der Waals surface area contributed by atoms with Gasteiger partial charge in [-0.05, 0) is 43.7 Å². The summed E-state index contributed by atoms with van der Waals surface area (Å²) in [5, 5.41) is 9.60. The number of hydrogen-bond donors (Lipinski definition) is 3. The van der Waals surface area contributed by atoms with E-state index in [2.05, 4.69) is 20.9 Å². The molecule has 0 spiro atoms. The van der Waals surface area contributed by atoms with E-state index in [1.165, 1.54) is 5.56 Å². The Morgan fingerprint density at radius 1 is 1.30 bits per heavy atom. The quantitative estimate of drug-likeness (QED) is 0.671. The van der Waals surface area contributed by atoms with Gasteiger partial charge in [0, 0.05) is 50.3 Å². The first-order valence-electron chi connectivity index (χ1n) is 10.6. The summed E-state index contributed by atoms with van der Waals surface area (Å²) in [7, 11) is 3.54. The number of benzene rings is 1. The van der Waals surface area contributed by atoms with Gasteiger partial charge in [0.05, 0.1) is 19.3 Å². The van der Waals surface area contributed by atoms with Crippen molar-refractivity contribution < 1.29 is 9.53 Å². The molecule has 3 N–H and O–H groups in total. The second-order valence-electron chi connectivity index (χ2n) is 7.88. The van der Waals surface area contributed by atoms with Crippen LogP contribution in [0.15, 0.2) is 24.3 Å². The smallest absolute Gasteiger partial charge is 0.238 e. The molecule has 2 aliphatic heterocycles. The Balaban J connectivity index is 1.40. The lowest BCUT2D eigenvalue weighted by atomic mass is 9.96. The fourth-order valence-corrected chi connectivity index (χ4v) is 4.24. The number of rotatable bonds is 6. The second kappa shape index (κ2) is 9.40. The van der Waals surface area contributed by atoms with Crippen LogP contribution in [-0.2, 0) is 17.8 Å². The number of methoxy groups -OCH3 is 1. The summed E-state index contributed by atoms with van der Waals surface area (Å²) in [4.78, 5) is 24.5.